The monoisotopic (exact) mass is 355 g/mol. The molecule has 0 radical (unpaired) electrons. The molecule has 0 saturated heterocycles. The van der Waals surface area contributed by atoms with Gasteiger partial charge >= 0.3 is 0 Å². The van der Waals surface area contributed by atoms with Gasteiger partial charge < -0.3 is 14.6 Å². The van der Waals surface area contributed by atoms with Gasteiger partial charge in [0.1, 0.15) is 34.0 Å². The maximum atomic E-state index is 10.9. The number of rotatable bonds is 5. The summed E-state index contributed by atoms with van der Waals surface area (Å²) in [5.74, 6) is 1.57. The van der Waals surface area contributed by atoms with Gasteiger partial charge in [-0.05, 0) is 30.0 Å². The second-order valence-corrected chi connectivity index (χ2v) is 7.28. The zero-order valence-corrected chi connectivity index (χ0v) is 15.9. The van der Waals surface area contributed by atoms with Crippen molar-refractivity contribution in [1.29, 1.82) is 0 Å². The highest BCUT2D eigenvalue weighted by Gasteiger charge is 2.23. The third kappa shape index (κ3) is 3.45. The van der Waals surface area contributed by atoms with Crippen molar-refractivity contribution in [2.24, 2.45) is 0 Å². The van der Waals surface area contributed by atoms with Crippen molar-refractivity contribution >= 4 is 11.0 Å². The zero-order chi connectivity index (χ0) is 18.9. The Labute approximate surface area is 153 Å². The fourth-order valence-electron chi connectivity index (χ4n) is 2.75. The number of fused-ring (bicyclic) bond motifs is 1. The van der Waals surface area contributed by atoms with E-state index in [1.165, 1.54) is 4.80 Å². The van der Waals surface area contributed by atoms with Crippen LogP contribution in [0.1, 0.15) is 39.7 Å². The minimum absolute atomic E-state index is 0.161. The third-order valence-corrected chi connectivity index (χ3v) is 4.15. The van der Waals surface area contributed by atoms with E-state index in [2.05, 4.69) is 17.1 Å². The molecule has 0 amide bonds. The molecular weight excluding hydrogens is 330 g/mol. The smallest absolute Gasteiger partial charge is 0.147 e. The first-order valence-corrected chi connectivity index (χ1v) is 8.75. The number of methoxy groups -OCH3 is 1. The van der Waals surface area contributed by atoms with Gasteiger partial charge in [0, 0.05) is 17.7 Å². The van der Waals surface area contributed by atoms with Crippen LogP contribution in [0.2, 0.25) is 0 Å². The lowest BCUT2D eigenvalue weighted by Gasteiger charge is -2.23. The Hall–Kier alpha value is -2.76. The van der Waals surface area contributed by atoms with E-state index in [9.17, 15) is 5.11 Å². The minimum Gasteiger partial charge on any atom is -0.505 e. The Morgan fingerprint density at radius 1 is 1.04 bits per heavy atom. The molecule has 3 aromatic rings. The van der Waals surface area contributed by atoms with E-state index in [0.717, 1.165) is 17.5 Å². The fourth-order valence-corrected chi connectivity index (χ4v) is 2.75. The predicted octanol–water partition coefficient (Wildman–Crippen LogP) is 4.22. The average molecular weight is 355 g/mol. The van der Waals surface area contributed by atoms with Gasteiger partial charge in [0.05, 0.1) is 13.7 Å². The van der Waals surface area contributed by atoms with E-state index in [0.29, 0.717) is 29.3 Å². The SMILES string of the molecule is CCCOc1cc(-n2nc3ccc(OC)cc3n2)c(O)c(C(C)(C)C)c1. The van der Waals surface area contributed by atoms with E-state index in [1.807, 2.05) is 45.0 Å². The van der Waals surface area contributed by atoms with Crippen LogP contribution in [0.15, 0.2) is 30.3 Å². The van der Waals surface area contributed by atoms with Crippen molar-refractivity contribution in [3.05, 3.63) is 35.9 Å². The Kier molecular flexibility index (Phi) is 4.76. The molecule has 26 heavy (non-hydrogen) atoms. The highest BCUT2D eigenvalue weighted by molar-refractivity contribution is 5.76. The number of nitrogens with zero attached hydrogens (tertiary/aromatic N) is 3. The molecule has 138 valence electrons. The molecule has 0 fully saturated rings. The third-order valence-electron chi connectivity index (χ3n) is 4.15. The van der Waals surface area contributed by atoms with E-state index in [-0.39, 0.29) is 11.2 Å². The molecule has 0 unspecified atom stereocenters. The lowest BCUT2D eigenvalue weighted by Crippen LogP contribution is -2.14. The van der Waals surface area contributed by atoms with Crippen LogP contribution in [-0.4, -0.2) is 33.8 Å². The predicted molar refractivity (Wildman–Crippen MR) is 102 cm³/mol. The van der Waals surface area contributed by atoms with Crippen LogP contribution in [0.3, 0.4) is 0 Å². The number of aromatic hydroxyl groups is 1. The molecule has 0 spiro atoms. The van der Waals surface area contributed by atoms with Crippen LogP contribution in [0.4, 0.5) is 0 Å². The van der Waals surface area contributed by atoms with Crippen LogP contribution in [0, 0.1) is 0 Å². The molecule has 1 heterocycles. The number of benzene rings is 2. The Morgan fingerprint density at radius 3 is 2.42 bits per heavy atom. The Bertz CT molecular complexity index is 926. The molecular formula is C20H25N3O3. The normalized spacial score (nSPS) is 11.7. The van der Waals surface area contributed by atoms with Gasteiger partial charge in [0.25, 0.3) is 0 Å². The van der Waals surface area contributed by atoms with Crippen molar-refractivity contribution < 1.29 is 14.6 Å². The second-order valence-electron chi connectivity index (χ2n) is 7.28. The number of phenolic OH excluding ortho intramolecular Hbond substituents is 1. The van der Waals surface area contributed by atoms with Gasteiger partial charge in [-0.3, -0.25) is 0 Å². The first kappa shape index (κ1) is 18.0. The molecule has 1 aromatic heterocycles. The molecule has 1 N–H and O–H groups in total. The van der Waals surface area contributed by atoms with Gasteiger partial charge in [-0.25, -0.2) is 0 Å². The van der Waals surface area contributed by atoms with Crippen LogP contribution >= 0.6 is 0 Å². The van der Waals surface area contributed by atoms with Crippen LogP contribution < -0.4 is 9.47 Å². The van der Waals surface area contributed by atoms with E-state index in [4.69, 9.17) is 9.47 Å². The summed E-state index contributed by atoms with van der Waals surface area (Å²) >= 11 is 0. The number of ether oxygens (including phenoxy) is 2. The van der Waals surface area contributed by atoms with Crippen molar-refractivity contribution in [1.82, 2.24) is 15.0 Å². The fraction of sp³-hybridized carbons (Fsp3) is 0.400. The van der Waals surface area contributed by atoms with Gasteiger partial charge in [-0.1, -0.05) is 27.7 Å². The zero-order valence-electron chi connectivity index (χ0n) is 15.9. The first-order chi connectivity index (χ1) is 12.3. The summed E-state index contributed by atoms with van der Waals surface area (Å²) in [6.45, 7) is 8.81. The average Bonchev–Trinajstić information content (AvgIpc) is 3.02. The van der Waals surface area contributed by atoms with Crippen molar-refractivity contribution in [3.8, 4) is 22.9 Å². The molecule has 0 aliphatic heterocycles. The van der Waals surface area contributed by atoms with Crippen molar-refractivity contribution in [3.63, 3.8) is 0 Å². The topological polar surface area (TPSA) is 69.4 Å². The lowest BCUT2D eigenvalue weighted by molar-refractivity contribution is 0.315. The number of phenols is 1. The maximum Gasteiger partial charge on any atom is 0.147 e. The number of aromatic nitrogens is 3. The molecule has 6 heteroatoms. The molecule has 0 aliphatic rings. The highest BCUT2D eigenvalue weighted by atomic mass is 16.5. The molecule has 6 nitrogen and oxygen atoms in total. The standard InChI is InChI=1S/C20H25N3O3/c1-6-9-26-14-10-15(20(2,3)4)19(24)18(12-14)23-21-16-8-7-13(25-5)11-17(16)22-23/h7-8,10-12,24H,6,9H2,1-5H3. The summed E-state index contributed by atoms with van der Waals surface area (Å²) in [4.78, 5) is 1.45. The summed E-state index contributed by atoms with van der Waals surface area (Å²) < 4.78 is 11.1. The van der Waals surface area contributed by atoms with Gasteiger partial charge in [-0.2, -0.15) is 0 Å². The summed E-state index contributed by atoms with van der Waals surface area (Å²) in [7, 11) is 1.61. The minimum atomic E-state index is -0.250. The molecule has 0 atom stereocenters. The number of hydrogen-bond acceptors (Lipinski definition) is 5. The maximum absolute atomic E-state index is 10.9. The molecule has 0 aliphatic carbocycles. The molecule has 0 saturated carbocycles. The highest BCUT2D eigenvalue weighted by Crippen LogP contribution is 2.38. The van der Waals surface area contributed by atoms with Crippen LogP contribution in [-0.2, 0) is 5.41 Å². The summed E-state index contributed by atoms with van der Waals surface area (Å²) in [5, 5.41) is 19.9. The van der Waals surface area contributed by atoms with Gasteiger partial charge in [-0.15, -0.1) is 15.0 Å². The summed E-state index contributed by atoms with van der Waals surface area (Å²) in [5.41, 5.74) is 2.46. The summed E-state index contributed by atoms with van der Waals surface area (Å²) in [6.07, 6.45) is 0.908. The van der Waals surface area contributed by atoms with Gasteiger partial charge in [0.2, 0.25) is 0 Å². The Balaban J connectivity index is 2.16. The molecule has 3 rings (SSSR count). The largest absolute Gasteiger partial charge is 0.505 e. The second kappa shape index (κ2) is 6.86. The van der Waals surface area contributed by atoms with Crippen molar-refractivity contribution in [2.75, 3.05) is 13.7 Å². The summed E-state index contributed by atoms with van der Waals surface area (Å²) in [6, 6.07) is 9.16. The first-order valence-electron chi connectivity index (χ1n) is 8.75. The van der Waals surface area contributed by atoms with E-state index >= 15 is 0 Å². The van der Waals surface area contributed by atoms with Gasteiger partial charge in [0.15, 0.2) is 0 Å². The molecule has 2 aromatic carbocycles. The van der Waals surface area contributed by atoms with Crippen LogP contribution in [0.5, 0.6) is 17.2 Å². The quantitative estimate of drug-likeness (QED) is 0.742. The van der Waals surface area contributed by atoms with Crippen molar-refractivity contribution in [2.45, 2.75) is 39.5 Å². The van der Waals surface area contributed by atoms with E-state index in [1.54, 1.807) is 13.2 Å². The lowest BCUT2D eigenvalue weighted by atomic mass is 9.86. The molecule has 0 bridgehead atoms. The Morgan fingerprint density at radius 2 is 1.77 bits per heavy atom. The van der Waals surface area contributed by atoms with Crippen LogP contribution in [0.25, 0.3) is 16.7 Å². The van der Waals surface area contributed by atoms with E-state index < -0.39 is 0 Å². The number of hydrogen-bond donors (Lipinski definition) is 1.